The molecule has 1 aromatic carbocycles. The molecule has 1 N–H and O–H groups in total. The van der Waals surface area contributed by atoms with Gasteiger partial charge in [-0.05, 0) is 47.1 Å². The fourth-order valence-electron chi connectivity index (χ4n) is 2.31. The lowest BCUT2D eigenvalue weighted by molar-refractivity contribution is 0.0749. The number of halogens is 1. The van der Waals surface area contributed by atoms with Gasteiger partial charge in [0.05, 0.1) is 10.3 Å². The van der Waals surface area contributed by atoms with Crippen LogP contribution in [0.25, 0.3) is 10.9 Å². The number of carbonyl (C=O) groups is 1. The van der Waals surface area contributed by atoms with E-state index in [-0.39, 0.29) is 5.91 Å². The van der Waals surface area contributed by atoms with Gasteiger partial charge in [0.2, 0.25) is 0 Å². The Balaban J connectivity index is 1.84. The van der Waals surface area contributed by atoms with Crippen LogP contribution in [0.3, 0.4) is 0 Å². The molecule has 0 bridgehead atoms. The second kappa shape index (κ2) is 6.03. The molecule has 1 amide bonds. The van der Waals surface area contributed by atoms with E-state index in [2.05, 4.69) is 27.0 Å². The van der Waals surface area contributed by atoms with Gasteiger partial charge in [0.15, 0.2) is 0 Å². The summed E-state index contributed by atoms with van der Waals surface area (Å²) in [5, 5.41) is 1.07. The molecule has 21 heavy (non-hydrogen) atoms. The monoisotopic (exact) mass is 362 g/mol. The molecule has 0 spiro atoms. The number of benzene rings is 1. The van der Waals surface area contributed by atoms with Gasteiger partial charge in [0.25, 0.3) is 5.91 Å². The predicted molar refractivity (Wildman–Crippen MR) is 90.7 cm³/mol. The molecule has 2 heterocycles. The molecule has 0 radical (unpaired) electrons. The molecule has 5 heteroatoms. The third-order valence-electron chi connectivity index (χ3n) is 3.40. The first-order valence-electron chi connectivity index (χ1n) is 6.78. The molecule has 0 aliphatic carbocycles. The van der Waals surface area contributed by atoms with Gasteiger partial charge in [0.1, 0.15) is 5.69 Å². The molecule has 0 atom stereocenters. The van der Waals surface area contributed by atoms with E-state index >= 15 is 0 Å². The number of carbonyl (C=O) groups excluding carboxylic acids is 1. The highest BCUT2D eigenvalue weighted by Gasteiger charge is 2.17. The molecule has 0 fully saturated rings. The standard InChI is InChI=1S/C16H15BrN2OS/c1-2-19(10-12-7-8-15(17)21-12)16(20)14-9-11-5-3-4-6-13(11)18-14/h3-9,18H,2,10H2,1H3. The molecule has 0 unspecified atom stereocenters. The van der Waals surface area contributed by atoms with Gasteiger partial charge in [-0.15, -0.1) is 11.3 Å². The summed E-state index contributed by atoms with van der Waals surface area (Å²) in [5.74, 6) is 0.0400. The lowest BCUT2D eigenvalue weighted by atomic mass is 10.2. The molecule has 0 saturated carbocycles. The average molecular weight is 363 g/mol. The number of H-pyrrole nitrogens is 1. The van der Waals surface area contributed by atoms with Crippen molar-refractivity contribution < 1.29 is 4.79 Å². The topological polar surface area (TPSA) is 36.1 Å². The van der Waals surface area contributed by atoms with Crippen LogP contribution in [0.2, 0.25) is 0 Å². The molecule has 0 saturated heterocycles. The molecule has 2 aromatic heterocycles. The van der Waals surface area contributed by atoms with Crippen molar-refractivity contribution in [2.75, 3.05) is 6.54 Å². The summed E-state index contributed by atoms with van der Waals surface area (Å²) < 4.78 is 1.09. The number of para-hydroxylation sites is 1. The van der Waals surface area contributed by atoms with Crippen LogP contribution >= 0.6 is 27.3 Å². The quantitative estimate of drug-likeness (QED) is 0.719. The van der Waals surface area contributed by atoms with E-state index in [1.165, 1.54) is 4.88 Å². The van der Waals surface area contributed by atoms with E-state index in [1.54, 1.807) is 11.3 Å². The number of thiophene rings is 1. The summed E-state index contributed by atoms with van der Waals surface area (Å²) in [6, 6.07) is 13.9. The summed E-state index contributed by atoms with van der Waals surface area (Å²) in [4.78, 5) is 18.9. The van der Waals surface area contributed by atoms with Crippen LogP contribution in [-0.4, -0.2) is 22.3 Å². The highest BCUT2D eigenvalue weighted by molar-refractivity contribution is 9.11. The highest BCUT2D eigenvalue weighted by Crippen LogP contribution is 2.24. The Hall–Kier alpha value is -1.59. The van der Waals surface area contributed by atoms with Crippen molar-refractivity contribution in [1.29, 1.82) is 0 Å². The van der Waals surface area contributed by atoms with E-state index in [0.717, 1.165) is 14.7 Å². The van der Waals surface area contributed by atoms with Crippen LogP contribution < -0.4 is 0 Å². The van der Waals surface area contributed by atoms with Gasteiger partial charge in [-0.25, -0.2) is 0 Å². The second-order valence-corrected chi connectivity index (χ2v) is 7.34. The van der Waals surface area contributed by atoms with Crippen molar-refractivity contribution in [2.24, 2.45) is 0 Å². The number of amides is 1. The van der Waals surface area contributed by atoms with E-state index in [4.69, 9.17) is 0 Å². The molecule has 3 rings (SSSR count). The van der Waals surface area contributed by atoms with E-state index in [0.29, 0.717) is 18.8 Å². The van der Waals surface area contributed by atoms with Gasteiger partial charge in [-0.1, -0.05) is 18.2 Å². The number of fused-ring (bicyclic) bond motifs is 1. The number of nitrogens with one attached hydrogen (secondary N) is 1. The molecule has 0 aliphatic heterocycles. The maximum atomic E-state index is 12.6. The third-order valence-corrected chi connectivity index (χ3v) is 5.01. The van der Waals surface area contributed by atoms with E-state index in [9.17, 15) is 4.79 Å². The van der Waals surface area contributed by atoms with Crippen molar-refractivity contribution >= 4 is 44.1 Å². The summed E-state index contributed by atoms with van der Waals surface area (Å²) in [7, 11) is 0. The third kappa shape index (κ3) is 3.04. The van der Waals surface area contributed by atoms with Gasteiger partial charge >= 0.3 is 0 Å². The predicted octanol–water partition coefficient (Wildman–Crippen LogP) is 4.65. The van der Waals surface area contributed by atoms with Crippen molar-refractivity contribution in [3.63, 3.8) is 0 Å². The Kier molecular flexibility index (Phi) is 4.12. The van der Waals surface area contributed by atoms with Crippen LogP contribution in [0.15, 0.2) is 46.3 Å². The Morgan fingerprint density at radius 3 is 2.76 bits per heavy atom. The first kappa shape index (κ1) is 14.4. The molecular formula is C16H15BrN2OS. The maximum absolute atomic E-state index is 12.6. The zero-order chi connectivity index (χ0) is 14.8. The van der Waals surface area contributed by atoms with Gasteiger partial charge in [-0.2, -0.15) is 0 Å². The lowest BCUT2D eigenvalue weighted by Crippen LogP contribution is -2.30. The zero-order valence-corrected chi connectivity index (χ0v) is 14.0. The number of hydrogen-bond donors (Lipinski definition) is 1. The summed E-state index contributed by atoms with van der Waals surface area (Å²) in [5.41, 5.74) is 1.64. The van der Waals surface area contributed by atoms with Crippen LogP contribution in [0, 0.1) is 0 Å². The average Bonchev–Trinajstić information content (AvgIpc) is 3.09. The summed E-state index contributed by atoms with van der Waals surface area (Å²) >= 11 is 5.12. The molecule has 3 aromatic rings. The smallest absolute Gasteiger partial charge is 0.270 e. The van der Waals surface area contributed by atoms with Gasteiger partial charge in [-0.3, -0.25) is 4.79 Å². The second-order valence-electron chi connectivity index (χ2n) is 4.80. The largest absolute Gasteiger partial charge is 0.351 e. The minimum Gasteiger partial charge on any atom is -0.351 e. The molecular weight excluding hydrogens is 348 g/mol. The number of aromatic amines is 1. The van der Waals surface area contributed by atoms with Crippen molar-refractivity contribution in [3.05, 3.63) is 56.8 Å². The maximum Gasteiger partial charge on any atom is 0.270 e. The summed E-state index contributed by atoms with van der Waals surface area (Å²) in [6.07, 6.45) is 0. The normalized spacial score (nSPS) is 11.0. The van der Waals surface area contributed by atoms with Crippen LogP contribution in [-0.2, 0) is 6.54 Å². The Labute approximate surface area is 135 Å². The number of rotatable bonds is 4. The van der Waals surface area contributed by atoms with E-state index in [1.807, 2.05) is 48.2 Å². The first-order valence-corrected chi connectivity index (χ1v) is 8.39. The number of hydrogen-bond acceptors (Lipinski definition) is 2. The Morgan fingerprint density at radius 1 is 1.29 bits per heavy atom. The van der Waals surface area contributed by atoms with Gasteiger partial charge in [0, 0.05) is 22.3 Å². The molecule has 3 nitrogen and oxygen atoms in total. The Morgan fingerprint density at radius 2 is 2.10 bits per heavy atom. The minimum atomic E-state index is 0.0400. The zero-order valence-electron chi connectivity index (χ0n) is 11.6. The first-order chi connectivity index (χ1) is 10.2. The van der Waals surface area contributed by atoms with E-state index < -0.39 is 0 Å². The number of nitrogens with zero attached hydrogens (tertiary/aromatic N) is 1. The van der Waals surface area contributed by atoms with Crippen molar-refractivity contribution in [2.45, 2.75) is 13.5 Å². The molecule has 0 aliphatic rings. The van der Waals surface area contributed by atoms with Crippen LogP contribution in [0.1, 0.15) is 22.3 Å². The SMILES string of the molecule is CCN(Cc1ccc(Br)s1)C(=O)c1cc2ccccc2[nH]1. The Bertz CT molecular complexity index is 744. The fraction of sp³-hybridized carbons (Fsp3) is 0.188. The molecule has 108 valence electrons. The minimum absolute atomic E-state index is 0.0400. The van der Waals surface area contributed by atoms with Gasteiger partial charge < -0.3 is 9.88 Å². The fourth-order valence-corrected chi connectivity index (χ4v) is 3.81. The number of aromatic nitrogens is 1. The highest BCUT2D eigenvalue weighted by atomic mass is 79.9. The van der Waals surface area contributed by atoms with Crippen molar-refractivity contribution in [3.8, 4) is 0 Å². The summed E-state index contributed by atoms with van der Waals surface area (Å²) in [6.45, 7) is 3.33. The van der Waals surface area contributed by atoms with Crippen LogP contribution in [0.4, 0.5) is 0 Å². The van der Waals surface area contributed by atoms with Crippen molar-refractivity contribution in [1.82, 2.24) is 9.88 Å². The van der Waals surface area contributed by atoms with Crippen LogP contribution in [0.5, 0.6) is 0 Å². The lowest BCUT2D eigenvalue weighted by Gasteiger charge is -2.19.